The van der Waals surface area contributed by atoms with Gasteiger partial charge in [0.1, 0.15) is 0 Å². The third kappa shape index (κ3) is 4.43. The molecular weight excluding hydrogens is 390 g/mol. The van der Waals surface area contributed by atoms with E-state index < -0.39 is 0 Å². The van der Waals surface area contributed by atoms with Crippen molar-refractivity contribution in [2.24, 2.45) is 0 Å². The Bertz CT molecular complexity index is 1000. The van der Waals surface area contributed by atoms with Crippen LogP contribution >= 0.6 is 11.3 Å². The maximum Gasteiger partial charge on any atom is 0.220 e. The molecule has 1 aliphatic rings. The van der Waals surface area contributed by atoms with Crippen LogP contribution in [0.2, 0.25) is 0 Å². The minimum Gasteiger partial charge on any atom is -0.378 e. The van der Waals surface area contributed by atoms with Gasteiger partial charge in [0.25, 0.3) is 0 Å². The van der Waals surface area contributed by atoms with Crippen LogP contribution in [0, 0.1) is 0 Å². The van der Waals surface area contributed by atoms with Crippen molar-refractivity contribution in [1.82, 2.24) is 25.3 Å². The Morgan fingerprint density at radius 2 is 2.03 bits per heavy atom. The third-order valence-electron chi connectivity index (χ3n) is 4.58. The number of anilines is 2. The number of nitrogens with two attached hydrogens (primary N) is 1. The average molecular weight is 414 g/mol. The van der Waals surface area contributed by atoms with Crippen molar-refractivity contribution in [2.45, 2.75) is 26.3 Å². The van der Waals surface area contributed by atoms with Crippen LogP contribution in [0.15, 0.2) is 18.5 Å². The van der Waals surface area contributed by atoms with Crippen molar-refractivity contribution in [3.8, 4) is 11.4 Å². The summed E-state index contributed by atoms with van der Waals surface area (Å²) in [6.07, 6.45) is 4.62. The third-order valence-corrected chi connectivity index (χ3v) is 5.70. The number of nitrogens with one attached hydrogen (secondary N) is 1. The van der Waals surface area contributed by atoms with Gasteiger partial charge in [0.05, 0.1) is 35.5 Å². The second-order valence-electron chi connectivity index (χ2n) is 6.75. The quantitative estimate of drug-likeness (QED) is 0.630. The fourth-order valence-electron chi connectivity index (χ4n) is 3.12. The number of nitrogen functional groups attached to an aromatic ring is 1. The Balaban J connectivity index is 1.71. The van der Waals surface area contributed by atoms with Crippen molar-refractivity contribution in [2.75, 3.05) is 36.9 Å². The molecule has 0 bridgehead atoms. The highest BCUT2D eigenvalue weighted by Crippen LogP contribution is 2.34. The van der Waals surface area contributed by atoms with Gasteiger partial charge in [0.2, 0.25) is 11.9 Å². The molecule has 0 spiro atoms. The highest BCUT2D eigenvalue weighted by Gasteiger charge is 2.20. The van der Waals surface area contributed by atoms with E-state index in [1.54, 1.807) is 23.7 Å². The smallest absolute Gasteiger partial charge is 0.220 e. The number of morpholine rings is 1. The first kappa shape index (κ1) is 19.5. The number of thiophene rings is 1. The van der Waals surface area contributed by atoms with E-state index in [4.69, 9.17) is 20.4 Å². The monoisotopic (exact) mass is 413 g/mol. The molecule has 1 amide bonds. The van der Waals surface area contributed by atoms with Crippen LogP contribution in [0.1, 0.15) is 24.6 Å². The van der Waals surface area contributed by atoms with Gasteiger partial charge in [-0.2, -0.15) is 0 Å². The summed E-state index contributed by atoms with van der Waals surface area (Å²) in [5.41, 5.74) is 7.16. The van der Waals surface area contributed by atoms with Gasteiger partial charge in [-0.25, -0.2) is 19.9 Å². The van der Waals surface area contributed by atoms with Crippen molar-refractivity contribution >= 4 is 39.2 Å². The lowest BCUT2D eigenvalue weighted by Crippen LogP contribution is -2.36. The van der Waals surface area contributed by atoms with Gasteiger partial charge in [0, 0.05) is 36.8 Å². The second kappa shape index (κ2) is 8.66. The minimum atomic E-state index is 0.0594. The lowest BCUT2D eigenvalue weighted by molar-refractivity contribution is -0.121. The van der Waals surface area contributed by atoms with Gasteiger partial charge >= 0.3 is 0 Å². The number of hydrogen-bond acceptors (Lipinski definition) is 9. The van der Waals surface area contributed by atoms with Crippen LogP contribution in [0.5, 0.6) is 0 Å². The Morgan fingerprint density at radius 1 is 1.28 bits per heavy atom. The van der Waals surface area contributed by atoms with E-state index in [2.05, 4.69) is 20.2 Å². The maximum atomic E-state index is 11.8. The number of rotatable bonds is 6. The van der Waals surface area contributed by atoms with Crippen molar-refractivity contribution in [1.29, 1.82) is 0 Å². The Kier molecular flexibility index (Phi) is 5.81. The van der Waals surface area contributed by atoms with Gasteiger partial charge in [0.15, 0.2) is 11.6 Å². The molecule has 152 valence electrons. The first-order valence-corrected chi connectivity index (χ1v) is 10.4. The van der Waals surface area contributed by atoms with E-state index in [-0.39, 0.29) is 11.9 Å². The van der Waals surface area contributed by atoms with E-state index in [1.807, 2.05) is 13.0 Å². The van der Waals surface area contributed by atoms with Crippen molar-refractivity contribution < 1.29 is 9.53 Å². The van der Waals surface area contributed by atoms with Crippen LogP contribution in [0.3, 0.4) is 0 Å². The molecule has 29 heavy (non-hydrogen) atoms. The number of amides is 1. The van der Waals surface area contributed by atoms with Gasteiger partial charge in [-0.05, 0) is 12.5 Å². The van der Waals surface area contributed by atoms with E-state index in [1.165, 1.54) is 0 Å². The summed E-state index contributed by atoms with van der Waals surface area (Å²) in [4.78, 5) is 32.7. The molecule has 0 atom stereocenters. The number of ether oxygens (including phenoxy) is 1. The summed E-state index contributed by atoms with van der Waals surface area (Å²) in [6.45, 7) is 5.34. The predicted octanol–water partition coefficient (Wildman–Crippen LogP) is 1.98. The molecule has 0 aliphatic carbocycles. The number of aromatic nitrogens is 4. The molecule has 1 fully saturated rings. The van der Waals surface area contributed by atoms with Gasteiger partial charge in [-0.3, -0.25) is 4.79 Å². The van der Waals surface area contributed by atoms with Crippen LogP contribution in [0.4, 0.5) is 11.8 Å². The molecule has 9 nitrogen and oxygen atoms in total. The van der Waals surface area contributed by atoms with E-state index in [0.717, 1.165) is 40.4 Å². The number of carbonyl (C=O) groups is 1. The Labute approximate surface area is 172 Å². The topological polar surface area (TPSA) is 119 Å². The molecule has 0 saturated carbocycles. The summed E-state index contributed by atoms with van der Waals surface area (Å²) in [6, 6.07) is 2.01. The number of carbonyl (C=O) groups excluding carboxylic acids is 1. The van der Waals surface area contributed by atoms with Crippen LogP contribution in [-0.4, -0.2) is 52.1 Å². The minimum absolute atomic E-state index is 0.0594. The summed E-state index contributed by atoms with van der Waals surface area (Å²) in [7, 11) is 0. The number of hydrogen-bond donors (Lipinski definition) is 2. The first-order chi connectivity index (χ1) is 14.1. The normalized spacial score (nSPS) is 14.3. The average Bonchev–Trinajstić information content (AvgIpc) is 3.16. The molecule has 0 radical (unpaired) electrons. The zero-order chi connectivity index (χ0) is 20.2. The molecular formula is C19H23N7O2S. The molecule has 3 N–H and O–H groups in total. The maximum absolute atomic E-state index is 11.8. The molecule has 4 heterocycles. The molecule has 4 rings (SSSR count). The molecule has 1 saturated heterocycles. The lowest BCUT2D eigenvalue weighted by Gasteiger charge is -2.28. The van der Waals surface area contributed by atoms with Crippen LogP contribution in [0.25, 0.3) is 21.6 Å². The summed E-state index contributed by atoms with van der Waals surface area (Å²) >= 11 is 1.61. The van der Waals surface area contributed by atoms with Gasteiger partial charge in [-0.1, -0.05) is 6.92 Å². The standard InChI is InChI=1S/C19H23N7O2S/c1-2-3-15(27)21-11-13-8-14-16(29-13)18(26-4-6-28-7-5-26)25-17(24-14)12-9-22-19(20)23-10-12/h8-10H,2-7,11H2,1H3,(H,21,27)(H2,20,22,23). The second-order valence-corrected chi connectivity index (χ2v) is 7.89. The molecule has 3 aromatic rings. The SMILES string of the molecule is CCCC(=O)NCc1cc2nc(-c3cnc(N)nc3)nc(N3CCOCC3)c2s1. The Hall–Kier alpha value is -2.85. The van der Waals surface area contributed by atoms with Crippen LogP contribution in [-0.2, 0) is 16.1 Å². The van der Waals surface area contributed by atoms with Crippen molar-refractivity contribution in [3.63, 3.8) is 0 Å². The molecule has 1 aliphatic heterocycles. The van der Waals surface area contributed by atoms with E-state index >= 15 is 0 Å². The molecule has 0 unspecified atom stereocenters. The lowest BCUT2D eigenvalue weighted by atomic mass is 10.3. The molecule has 3 aromatic heterocycles. The fourth-order valence-corrected chi connectivity index (χ4v) is 4.18. The summed E-state index contributed by atoms with van der Waals surface area (Å²) < 4.78 is 6.50. The zero-order valence-corrected chi connectivity index (χ0v) is 17.0. The molecule has 0 aromatic carbocycles. The highest BCUT2D eigenvalue weighted by atomic mass is 32.1. The largest absolute Gasteiger partial charge is 0.378 e. The summed E-state index contributed by atoms with van der Waals surface area (Å²) in [5.74, 6) is 1.70. The number of nitrogens with zero attached hydrogens (tertiary/aromatic N) is 5. The van der Waals surface area contributed by atoms with E-state index in [0.29, 0.717) is 37.6 Å². The fraction of sp³-hybridized carbons (Fsp3) is 0.421. The van der Waals surface area contributed by atoms with Gasteiger partial charge in [-0.15, -0.1) is 11.3 Å². The van der Waals surface area contributed by atoms with Crippen molar-refractivity contribution in [3.05, 3.63) is 23.3 Å². The summed E-state index contributed by atoms with van der Waals surface area (Å²) in [5, 5.41) is 2.97. The molecule has 10 heteroatoms. The van der Waals surface area contributed by atoms with Crippen LogP contribution < -0.4 is 16.0 Å². The van der Waals surface area contributed by atoms with E-state index in [9.17, 15) is 4.79 Å². The van der Waals surface area contributed by atoms with Gasteiger partial charge < -0.3 is 20.7 Å². The predicted molar refractivity (Wildman–Crippen MR) is 113 cm³/mol. The highest BCUT2D eigenvalue weighted by molar-refractivity contribution is 7.19. The number of fused-ring (bicyclic) bond motifs is 1. The first-order valence-electron chi connectivity index (χ1n) is 9.61. The zero-order valence-electron chi connectivity index (χ0n) is 16.2. The Morgan fingerprint density at radius 3 is 2.76 bits per heavy atom.